The summed E-state index contributed by atoms with van der Waals surface area (Å²) in [4.78, 5) is 21.5. The number of halogens is 1. The first-order chi connectivity index (χ1) is 9.99. The van der Waals surface area contributed by atoms with E-state index in [1.165, 1.54) is 0 Å². The highest BCUT2D eigenvalue weighted by Gasteiger charge is 2.33. The molecule has 1 atom stereocenters. The fourth-order valence-electron chi connectivity index (χ4n) is 2.65. The molecule has 0 fully saturated rings. The Labute approximate surface area is 126 Å². The van der Waals surface area contributed by atoms with E-state index in [0.717, 1.165) is 23.2 Å². The molecule has 2 aromatic rings. The predicted molar refractivity (Wildman–Crippen MR) is 79.1 cm³/mol. The average molecular weight is 307 g/mol. The van der Waals surface area contributed by atoms with Gasteiger partial charge in [0.1, 0.15) is 17.3 Å². The molecule has 21 heavy (non-hydrogen) atoms. The minimum Gasteiger partial charge on any atom is -0.368 e. The summed E-state index contributed by atoms with van der Waals surface area (Å²) < 4.78 is 1.79. The van der Waals surface area contributed by atoms with Crippen LogP contribution in [0.3, 0.4) is 0 Å². The summed E-state index contributed by atoms with van der Waals surface area (Å²) in [6.07, 6.45) is 1.40. The third-order valence-corrected chi connectivity index (χ3v) is 3.94. The highest BCUT2D eigenvalue weighted by Crippen LogP contribution is 2.35. The minimum absolute atomic E-state index is 0.108. The summed E-state index contributed by atoms with van der Waals surface area (Å²) >= 11 is 6.11. The number of hydrogen-bond donors (Lipinski definition) is 1. The molecular weight excluding hydrogens is 292 g/mol. The van der Waals surface area contributed by atoms with Crippen LogP contribution in [0.15, 0.2) is 6.07 Å². The van der Waals surface area contributed by atoms with Crippen LogP contribution in [0.4, 0.5) is 11.8 Å². The minimum atomic E-state index is -0.316. The lowest BCUT2D eigenvalue weighted by Crippen LogP contribution is -2.33. The van der Waals surface area contributed by atoms with Crippen molar-refractivity contribution in [1.29, 1.82) is 0 Å². The van der Waals surface area contributed by atoms with Gasteiger partial charge in [-0.2, -0.15) is 10.1 Å². The maximum absolute atomic E-state index is 11.4. The summed E-state index contributed by atoms with van der Waals surface area (Å²) in [7, 11) is 1.87. The normalized spacial score (nSPS) is 17.1. The highest BCUT2D eigenvalue weighted by atomic mass is 35.5. The van der Waals surface area contributed by atoms with E-state index in [9.17, 15) is 4.79 Å². The number of fused-ring (bicyclic) bond motifs is 1. The molecule has 0 bridgehead atoms. The number of nitrogens with two attached hydrogens (primary N) is 1. The van der Waals surface area contributed by atoms with Crippen LogP contribution in [-0.4, -0.2) is 32.1 Å². The molecule has 0 amide bonds. The Hall–Kier alpha value is -2.15. The second kappa shape index (κ2) is 5.00. The summed E-state index contributed by atoms with van der Waals surface area (Å²) in [6.45, 7) is 2.44. The van der Waals surface area contributed by atoms with Crippen molar-refractivity contribution >= 4 is 29.7 Å². The molecule has 0 saturated carbocycles. The van der Waals surface area contributed by atoms with E-state index in [1.807, 2.05) is 24.9 Å². The molecule has 0 spiro atoms. The van der Waals surface area contributed by atoms with Gasteiger partial charge >= 0.3 is 0 Å². The molecule has 1 aliphatic heterocycles. The Bertz CT molecular complexity index is 713. The standard InChI is InChI=1S/C13H15ClN6O/c1-7-3-8(19(2)18-7)5-20-9(6-21)4-10-11(14)16-13(15)17-12(10)20/h3,6,9H,4-5H2,1-2H3,(H2,15,16,17). The van der Waals surface area contributed by atoms with E-state index in [-0.39, 0.29) is 12.0 Å². The first kappa shape index (κ1) is 13.8. The van der Waals surface area contributed by atoms with E-state index in [1.54, 1.807) is 4.68 Å². The third kappa shape index (κ3) is 2.33. The largest absolute Gasteiger partial charge is 0.368 e. The van der Waals surface area contributed by atoms with Crippen molar-refractivity contribution in [3.8, 4) is 0 Å². The Morgan fingerprint density at radius 1 is 1.52 bits per heavy atom. The van der Waals surface area contributed by atoms with E-state index in [4.69, 9.17) is 17.3 Å². The van der Waals surface area contributed by atoms with Gasteiger partial charge in [-0.05, 0) is 13.0 Å². The molecule has 3 heterocycles. The molecule has 0 radical (unpaired) electrons. The van der Waals surface area contributed by atoms with E-state index in [2.05, 4.69) is 15.1 Å². The van der Waals surface area contributed by atoms with Gasteiger partial charge in [0.05, 0.1) is 24.0 Å². The Morgan fingerprint density at radius 3 is 2.90 bits per heavy atom. The predicted octanol–water partition coefficient (Wildman–Crippen LogP) is 0.884. The van der Waals surface area contributed by atoms with Crippen molar-refractivity contribution in [1.82, 2.24) is 19.7 Å². The molecular formula is C13H15ClN6O. The smallest absolute Gasteiger partial charge is 0.223 e. The number of nitrogen functional groups attached to an aromatic ring is 1. The van der Waals surface area contributed by atoms with Crippen molar-refractivity contribution in [3.63, 3.8) is 0 Å². The lowest BCUT2D eigenvalue weighted by Gasteiger charge is -2.22. The number of aryl methyl sites for hydroxylation is 2. The number of carbonyl (C=O) groups is 1. The number of hydrogen-bond acceptors (Lipinski definition) is 6. The van der Waals surface area contributed by atoms with Crippen LogP contribution in [-0.2, 0) is 24.8 Å². The van der Waals surface area contributed by atoms with Crippen LogP contribution < -0.4 is 10.6 Å². The first-order valence-corrected chi connectivity index (χ1v) is 6.90. The van der Waals surface area contributed by atoms with Gasteiger partial charge in [0.15, 0.2) is 0 Å². The SMILES string of the molecule is Cc1cc(CN2c3nc(N)nc(Cl)c3CC2C=O)n(C)n1. The Kier molecular flexibility index (Phi) is 3.29. The number of aromatic nitrogens is 4. The molecule has 8 heteroatoms. The summed E-state index contributed by atoms with van der Waals surface area (Å²) in [5.41, 5.74) is 8.35. The first-order valence-electron chi connectivity index (χ1n) is 6.53. The maximum atomic E-state index is 11.4. The number of rotatable bonds is 3. The molecule has 0 aliphatic carbocycles. The van der Waals surface area contributed by atoms with E-state index >= 15 is 0 Å². The number of carbonyl (C=O) groups excluding carboxylic acids is 1. The van der Waals surface area contributed by atoms with Crippen LogP contribution >= 0.6 is 11.6 Å². The Morgan fingerprint density at radius 2 is 2.29 bits per heavy atom. The van der Waals surface area contributed by atoms with E-state index in [0.29, 0.717) is 23.9 Å². The fraction of sp³-hybridized carbons (Fsp3) is 0.385. The topological polar surface area (TPSA) is 89.9 Å². The average Bonchev–Trinajstić information content (AvgIpc) is 2.91. The lowest BCUT2D eigenvalue weighted by atomic mass is 10.2. The van der Waals surface area contributed by atoms with Gasteiger partial charge in [0.25, 0.3) is 0 Å². The third-order valence-electron chi connectivity index (χ3n) is 3.63. The molecule has 0 saturated heterocycles. The summed E-state index contributed by atoms with van der Waals surface area (Å²) in [6, 6.07) is 1.66. The van der Waals surface area contributed by atoms with Crippen LogP contribution in [0.5, 0.6) is 0 Å². The van der Waals surface area contributed by atoms with Crippen LogP contribution in [0, 0.1) is 6.92 Å². The molecule has 7 nitrogen and oxygen atoms in total. The maximum Gasteiger partial charge on any atom is 0.223 e. The van der Waals surface area contributed by atoms with Crippen molar-refractivity contribution in [3.05, 3.63) is 28.2 Å². The van der Waals surface area contributed by atoms with Gasteiger partial charge in [-0.25, -0.2) is 4.98 Å². The monoisotopic (exact) mass is 306 g/mol. The fourth-order valence-corrected chi connectivity index (χ4v) is 2.90. The second-order valence-electron chi connectivity index (χ2n) is 5.11. The zero-order valence-electron chi connectivity index (χ0n) is 11.7. The molecule has 1 unspecified atom stereocenters. The molecule has 2 aromatic heterocycles. The van der Waals surface area contributed by atoms with Crippen LogP contribution in [0.1, 0.15) is 17.0 Å². The van der Waals surface area contributed by atoms with Gasteiger partial charge in [-0.15, -0.1) is 0 Å². The van der Waals surface area contributed by atoms with Crippen molar-refractivity contribution in [2.75, 3.05) is 10.6 Å². The van der Waals surface area contributed by atoms with Gasteiger partial charge < -0.3 is 15.4 Å². The van der Waals surface area contributed by atoms with Gasteiger partial charge in [-0.3, -0.25) is 4.68 Å². The van der Waals surface area contributed by atoms with Crippen molar-refractivity contribution < 1.29 is 4.79 Å². The molecule has 0 aromatic carbocycles. The number of aldehydes is 1. The lowest BCUT2D eigenvalue weighted by molar-refractivity contribution is -0.108. The number of nitrogens with zero attached hydrogens (tertiary/aromatic N) is 5. The zero-order valence-corrected chi connectivity index (χ0v) is 12.5. The summed E-state index contributed by atoms with van der Waals surface area (Å²) in [5.74, 6) is 0.736. The van der Waals surface area contributed by atoms with Crippen molar-refractivity contribution in [2.45, 2.75) is 25.9 Å². The molecule has 110 valence electrons. The van der Waals surface area contributed by atoms with Gasteiger partial charge in [0.2, 0.25) is 5.95 Å². The molecule has 1 aliphatic rings. The Balaban J connectivity index is 2.01. The van der Waals surface area contributed by atoms with Crippen LogP contribution in [0.25, 0.3) is 0 Å². The molecule has 3 rings (SSSR count). The molecule has 2 N–H and O–H groups in total. The van der Waals surface area contributed by atoms with Crippen molar-refractivity contribution in [2.24, 2.45) is 7.05 Å². The van der Waals surface area contributed by atoms with Crippen LogP contribution in [0.2, 0.25) is 5.15 Å². The van der Waals surface area contributed by atoms with E-state index < -0.39 is 0 Å². The van der Waals surface area contributed by atoms with Gasteiger partial charge in [-0.1, -0.05) is 11.6 Å². The zero-order chi connectivity index (χ0) is 15.1. The number of anilines is 2. The second-order valence-corrected chi connectivity index (χ2v) is 5.47. The summed E-state index contributed by atoms with van der Waals surface area (Å²) in [5, 5.41) is 4.63. The quantitative estimate of drug-likeness (QED) is 0.669. The highest BCUT2D eigenvalue weighted by molar-refractivity contribution is 6.30. The van der Waals surface area contributed by atoms with Gasteiger partial charge in [0, 0.05) is 19.0 Å².